The van der Waals surface area contributed by atoms with E-state index in [0.717, 1.165) is 11.1 Å². The number of nitrogens with zero attached hydrogens (tertiary/aromatic N) is 1. The van der Waals surface area contributed by atoms with Gasteiger partial charge in [0.1, 0.15) is 11.6 Å². The van der Waals surface area contributed by atoms with Crippen molar-refractivity contribution >= 4 is 15.9 Å². The van der Waals surface area contributed by atoms with E-state index in [1.54, 1.807) is 12.4 Å². The molecular weight excluding hydrogens is 314 g/mol. The fourth-order valence-corrected chi connectivity index (χ4v) is 2.25. The van der Waals surface area contributed by atoms with Gasteiger partial charge in [0, 0.05) is 24.0 Å². The maximum Gasteiger partial charge on any atom is 0.143 e. The molecule has 0 saturated carbocycles. The molecule has 1 aromatic carbocycles. The number of aryl methyl sites for hydroxylation is 1. The summed E-state index contributed by atoms with van der Waals surface area (Å²) in [6, 6.07) is 3.94. The Morgan fingerprint density at radius 3 is 2.74 bits per heavy atom. The smallest absolute Gasteiger partial charge is 0.143 e. The molecular formula is C14H13BrF2N2. The van der Waals surface area contributed by atoms with Gasteiger partial charge in [-0.15, -0.1) is 0 Å². The minimum absolute atomic E-state index is 0.0108. The number of pyridine rings is 1. The van der Waals surface area contributed by atoms with Crippen LogP contribution in [0.3, 0.4) is 0 Å². The monoisotopic (exact) mass is 326 g/mol. The van der Waals surface area contributed by atoms with Crippen molar-refractivity contribution in [2.24, 2.45) is 5.73 Å². The van der Waals surface area contributed by atoms with Crippen molar-refractivity contribution in [3.8, 4) is 0 Å². The third kappa shape index (κ3) is 3.16. The summed E-state index contributed by atoms with van der Waals surface area (Å²) in [5, 5.41) is 0. The molecule has 0 bridgehead atoms. The largest absolute Gasteiger partial charge is 0.324 e. The van der Waals surface area contributed by atoms with Crippen LogP contribution in [-0.2, 0) is 6.42 Å². The Morgan fingerprint density at radius 1 is 1.32 bits per heavy atom. The molecule has 0 spiro atoms. The highest BCUT2D eigenvalue weighted by Gasteiger charge is 2.17. The van der Waals surface area contributed by atoms with Crippen LogP contribution in [0.2, 0.25) is 0 Å². The predicted octanol–water partition coefficient (Wildman–Crippen LogP) is 3.67. The van der Waals surface area contributed by atoms with Gasteiger partial charge < -0.3 is 5.73 Å². The highest BCUT2D eigenvalue weighted by atomic mass is 79.9. The second-order valence-corrected chi connectivity index (χ2v) is 5.28. The number of rotatable bonds is 3. The molecule has 0 fully saturated rings. The molecule has 2 rings (SSSR count). The van der Waals surface area contributed by atoms with Crippen LogP contribution in [-0.4, -0.2) is 4.98 Å². The van der Waals surface area contributed by atoms with Gasteiger partial charge in [0.05, 0.1) is 4.47 Å². The molecule has 5 heteroatoms. The molecule has 1 aromatic heterocycles. The highest BCUT2D eigenvalue weighted by molar-refractivity contribution is 9.10. The van der Waals surface area contributed by atoms with Crippen molar-refractivity contribution < 1.29 is 8.78 Å². The predicted molar refractivity (Wildman–Crippen MR) is 73.7 cm³/mol. The maximum absolute atomic E-state index is 13.9. The normalized spacial score (nSPS) is 12.5. The lowest BCUT2D eigenvalue weighted by Gasteiger charge is -2.14. The molecule has 2 N–H and O–H groups in total. The van der Waals surface area contributed by atoms with Crippen molar-refractivity contribution in [3.05, 3.63) is 63.4 Å². The first-order valence-corrected chi connectivity index (χ1v) is 6.58. The Morgan fingerprint density at radius 2 is 2.05 bits per heavy atom. The second-order valence-electron chi connectivity index (χ2n) is 4.43. The molecule has 0 aliphatic heterocycles. The zero-order valence-electron chi connectivity index (χ0n) is 10.3. The van der Waals surface area contributed by atoms with Gasteiger partial charge in [-0.1, -0.05) is 6.07 Å². The number of aromatic nitrogens is 1. The van der Waals surface area contributed by atoms with E-state index >= 15 is 0 Å². The Kier molecular flexibility index (Phi) is 4.27. The third-order valence-electron chi connectivity index (χ3n) is 2.89. The SMILES string of the molecule is Cc1cncc(C(N)Cc2c(F)ccc(Br)c2F)c1. The Bertz CT molecular complexity index is 602. The fourth-order valence-electron chi connectivity index (χ4n) is 1.88. The number of nitrogens with two attached hydrogens (primary N) is 1. The minimum Gasteiger partial charge on any atom is -0.324 e. The van der Waals surface area contributed by atoms with Crippen molar-refractivity contribution in [2.75, 3.05) is 0 Å². The molecule has 19 heavy (non-hydrogen) atoms. The van der Waals surface area contributed by atoms with Gasteiger partial charge in [-0.3, -0.25) is 4.98 Å². The lowest BCUT2D eigenvalue weighted by atomic mass is 9.99. The summed E-state index contributed by atoms with van der Waals surface area (Å²) in [6.07, 6.45) is 3.41. The molecule has 1 heterocycles. The van der Waals surface area contributed by atoms with Crippen LogP contribution in [0, 0.1) is 18.6 Å². The van der Waals surface area contributed by atoms with E-state index in [0.29, 0.717) is 0 Å². The summed E-state index contributed by atoms with van der Waals surface area (Å²) in [6.45, 7) is 1.89. The van der Waals surface area contributed by atoms with E-state index in [1.807, 2.05) is 13.0 Å². The van der Waals surface area contributed by atoms with Crippen LogP contribution in [0.15, 0.2) is 35.1 Å². The summed E-state index contributed by atoms with van der Waals surface area (Å²) < 4.78 is 27.7. The van der Waals surface area contributed by atoms with Gasteiger partial charge in [-0.25, -0.2) is 8.78 Å². The fraction of sp³-hybridized carbons (Fsp3) is 0.214. The summed E-state index contributed by atoms with van der Waals surface area (Å²) >= 11 is 3.04. The van der Waals surface area contributed by atoms with Crippen LogP contribution >= 0.6 is 15.9 Å². The van der Waals surface area contributed by atoms with Crippen molar-refractivity contribution in [1.82, 2.24) is 4.98 Å². The van der Waals surface area contributed by atoms with Crippen LogP contribution in [0.5, 0.6) is 0 Å². The molecule has 0 aliphatic rings. The first-order chi connectivity index (χ1) is 8.99. The van der Waals surface area contributed by atoms with Gasteiger partial charge in [-0.2, -0.15) is 0 Å². The summed E-state index contributed by atoms with van der Waals surface area (Å²) in [5.74, 6) is -1.19. The first kappa shape index (κ1) is 14.1. The van der Waals surface area contributed by atoms with Crippen LogP contribution in [0.4, 0.5) is 8.78 Å². The third-order valence-corrected chi connectivity index (χ3v) is 3.50. The summed E-state index contributed by atoms with van der Waals surface area (Å²) in [5.41, 5.74) is 7.71. The lowest BCUT2D eigenvalue weighted by molar-refractivity contribution is 0.535. The maximum atomic E-state index is 13.9. The topological polar surface area (TPSA) is 38.9 Å². The zero-order valence-corrected chi connectivity index (χ0v) is 11.9. The summed E-state index contributed by atoms with van der Waals surface area (Å²) in [4.78, 5) is 4.03. The Hall–Kier alpha value is -1.33. The molecule has 1 unspecified atom stereocenters. The average molecular weight is 327 g/mol. The van der Waals surface area contributed by atoms with Crippen LogP contribution in [0.25, 0.3) is 0 Å². The molecule has 0 amide bonds. The van der Waals surface area contributed by atoms with Crippen LogP contribution in [0.1, 0.15) is 22.7 Å². The molecule has 0 saturated heterocycles. The standard InChI is InChI=1S/C14H13BrF2N2/c1-8-4-9(7-19-6-8)13(18)5-10-12(16)3-2-11(15)14(10)17/h2-4,6-7,13H,5,18H2,1H3. The number of hydrogen-bond donors (Lipinski definition) is 1. The first-order valence-electron chi connectivity index (χ1n) is 5.78. The number of halogens is 3. The van der Waals surface area contributed by atoms with E-state index in [-0.39, 0.29) is 16.5 Å². The molecule has 1 atom stereocenters. The van der Waals surface area contributed by atoms with Crippen LogP contribution < -0.4 is 5.73 Å². The second kappa shape index (κ2) is 5.75. The number of benzene rings is 1. The van der Waals surface area contributed by atoms with Crippen molar-refractivity contribution in [1.29, 1.82) is 0 Å². The average Bonchev–Trinajstić information content (AvgIpc) is 2.39. The lowest BCUT2D eigenvalue weighted by Crippen LogP contribution is -2.15. The van der Waals surface area contributed by atoms with E-state index in [9.17, 15) is 8.78 Å². The van der Waals surface area contributed by atoms with Crippen molar-refractivity contribution in [3.63, 3.8) is 0 Å². The van der Waals surface area contributed by atoms with E-state index < -0.39 is 17.7 Å². The van der Waals surface area contributed by atoms with Gasteiger partial charge in [0.15, 0.2) is 0 Å². The van der Waals surface area contributed by atoms with Gasteiger partial charge in [0.25, 0.3) is 0 Å². The minimum atomic E-state index is -0.601. The molecule has 0 radical (unpaired) electrons. The molecule has 2 nitrogen and oxygen atoms in total. The molecule has 2 aromatic rings. The summed E-state index contributed by atoms with van der Waals surface area (Å²) in [7, 11) is 0. The van der Waals surface area contributed by atoms with E-state index in [4.69, 9.17) is 5.73 Å². The Labute approximate surface area is 118 Å². The molecule has 0 aliphatic carbocycles. The molecule has 100 valence electrons. The number of hydrogen-bond acceptors (Lipinski definition) is 2. The van der Waals surface area contributed by atoms with Crippen molar-refractivity contribution in [2.45, 2.75) is 19.4 Å². The van der Waals surface area contributed by atoms with Gasteiger partial charge in [-0.05, 0) is 52.5 Å². The van der Waals surface area contributed by atoms with E-state index in [1.165, 1.54) is 12.1 Å². The highest BCUT2D eigenvalue weighted by Crippen LogP contribution is 2.25. The van der Waals surface area contributed by atoms with E-state index in [2.05, 4.69) is 20.9 Å². The van der Waals surface area contributed by atoms with Gasteiger partial charge in [0.2, 0.25) is 0 Å². The zero-order chi connectivity index (χ0) is 14.0. The Balaban J connectivity index is 2.29. The van der Waals surface area contributed by atoms with Gasteiger partial charge >= 0.3 is 0 Å². The quantitative estimate of drug-likeness (QED) is 0.874.